The molecule has 0 saturated carbocycles. The first-order chi connectivity index (χ1) is 9.53. The third-order valence-electron chi connectivity index (χ3n) is 2.31. The maximum absolute atomic E-state index is 12.1. The quantitative estimate of drug-likeness (QED) is 0.851. The number of benzene rings is 1. The van der Waals surface area contributed by atoms with Gasteiger partial charge >= 0.3 is 0 Å². The predicted octanol–water partition coefficient (Wildman–Crippen LogP) is 2.51. The number of anilines is 1. The summed E-state index contributed by atoms with van der Waals surface area (Å²) in [6, 6.07) is 8.07. The fourth-order valence-corrected chi connectivity index (χ4v) is 3.73. The van der Waals surface area contributed by atoms with E-state index in [4.69, 9.17) is 17.3 Å². The molecule has 7 heteroatoms. The van der Waals surface area contributed by atoms with E-state index in [1.807, 2.05) is 0 Å². The van der Waals surface area contributed by atoms with Gasteiger partial charge in [0.05, 0.1) is 17.3 Å². The molecule has 1 heterocycles. The van der Waals surface area contributed by atoms with E-state index in [-0.39, 0.29) is 10.8 Å². The van der Waals surface area contributed by atoms with Crippen LogP contribution in [-0.2, 0) is 10.0 Å². The predicted molar refractivity (Wildman–Crippen MR) is 82.5 cm³/mol. The maximum atomic E-state index is 12.1. The number of halogens is 1. The third kappa shape index (κ3) is 3.52. The molecule has 0 saturated heterocycles. The van der Waals surface area contributed by atoms with Crippen LogP contribution in [-0.4, -0.2) is 15.0 Å². The van der Waals surface area contributed by atoms with E-state index in [9.17, 15) is 8.42 Å². The molecule has 0 unspecified atom stereocenters. The average molecular weight is 327 g/mol. The molecule has 0 bridgehead atoms. The van der Waals surface area contributed by atoms with E-state index >= 15 is 0 Å². The minimum atomic E-state index is -3.62. The van der Waals surface area contributed by atoms with Crippen molar-refractivity contribution in [2.45, 2.75) is 4.21 Å². The van der Waals surface area contributed by atoms with Gasteiger partial charge < -0.3 is 5.73 Å². The van der Waals surface area contributed by atoms with Crippen molar-refractivity contribution in [2.75, 3.05) is 11.3 Å². The Labute approximate surface area is 126 Å². The fraction of sp³-hybridized carbons (Fsp3) is 0.0769. The van der Waals surface area contributed by atoms with Gasteiger partial charge in [-0.25, -0.2) is 8.42 Å². The molecule has 0 atom stereocenters. The monoisotopic (exact) mass is 326 g/mol. The Balaban J connectivity index is 2.34. The first-order valence-electron chi connectivity index (χ1n) is 5.58. The lowest BCUT2D eigenvalue weighted by molar-refractivity contribution is 0.603. The van der Waals surface area contributed by atoms with Gasteiger partial charge in [-0.3, -0.25) is 4.72 Å². The summed E-state index contributed by atoms with van der Waals surface area (Å²) in [6.45, 7) is 0.235. The molecule has 0 aliphatic carbocycles. The van der Waals surface area contributed by atoms with E-state index in [2.05, 4.69) is 16.6 Å². The van der Waals surface area contributed by atoms with Gasteiger partial charge in [0.2, 0.25) is 0 Å². The molecule has 2 aromatic rings. The van der Waals surface area contributed by atoms with Crippen LogP contribution in [0.15, 0.2) is 39.9 Å². The van der Waals surface area contributed by atoms with Crippen molar-refractivity contribution in [3.63, 3.8) is 0 Å². The fourth-order valence-electron chi connectivity index (χ4n) is 1.45. The van der Waals surface area contributed by atoms with E-state index in [1.165, 1.54) is 6.07 Å². The number of thiophene rings is 1. The van der Waals surface area contributed by atoms with Gasteiger partial charge in [-0.2, -0.15) is 0 Å². The second-order valence-electron chi connectivity index (χ2n) is 3.74. The molecule has 3 N–H and O–H groups in total. The van der Waals surface area contributed by atoms with Crippen molar-refractivity contribution >= 4 is 38.6 Å². The molecule has 0 spiro atoms. The standard InChI is InChI=1S/C13H11ClN2O2S2/c14-11-6-5-10(3-1-7-15)9-12(11)16-20(17,18)13-4-2-8-19-13/h2,4-6,8-9,16H,7,15H2. The lowest BCUT2D eigenvalue weighted by Gasteiger charge is -2.08. The number of nitrogens with two attached hydrogens (primary N) is 1. The van der Waals surface area contributed by atoms with Crippen LogP contribution in [0.2, 0.25) is 5.02 Å². The van der Waals surface area contributed by atoms with Gasteiger partial charge in [-0.1, -0.05) is 29.5 Å². The zero-order valence-electron chi connectivity index (χ0n) is 10.3. The third-order valence-corrected chi connectivity index (χ3v) is 5.40. The topological polar surface area (TPSA) is 72.2 Å². The molecule has 104 valence electrons. The summed E-state index contributed by atoms with van der Waals surface area (Å²) in [5.41, 5.74) is 6.24. The first kappa shape index (κ1) is 14.9. The van der Waals surface area contributed by atoms with Crippen LogP contribution in [0.4, 0.5) is 5.69 Å². The Hall–Kier alpha value is -1.52. The zero-order valence-corrected chi connectivity index (χ0v) is 12.6. The summed E-state index contributed by atoms with van der Waals surface area (Å²) < 4.78 is 26.9. The van der Waals surface area contributed by atoms with Crippen LogP contribution >= 0.6 is 22.9 Å². The first-order valence-corrected chi connectivity index (χ1v) is 8.32. The van der Waals surface area contributed by atoms with Gasteiger partial charge in [-0.05, 0) is 29.6 Å². The Morgan fingerprint density at radius 2 is 2.15 bits per heavy atom. The van der Waals surface area contributed by atoms with Gasteiger partial charge in [0.25, 0.3) is 10.0 Å². The summed E-state index contributed by atoms with van der Waals surface area (Å²) in [5.74, 6) is 5.53. The van der Waals surface area contributed by atoms with Crippen molar-refractivity contribution < 1.29 is 8.42 Å². The van der Waals surface area contributed by atoms with Gasteiger partial charge in [0.1, 0.15) is 4.21 Å². The largest absolute Gasteiger partial charge is 0.320 e. The molecule has 4 nitrogen and oxygen atoms in total. The number of nitrogens with one attached hydrogen (secondary N) is 1. The van der Waals surface area contributed by atoms with Crippen molar-refractivity contribution in [1.82, 2.24) is 0 Å². The minimum absolute atomic E-state index is 0.229. The van der Waals surface area contributed by atoms with E-state index in [1.54, 1.807) is 29.6 Å². The second kappa shape index (κ2) is 6.29. The van der Waals surface area contributed by atoms with Gasteiger partial charge in [0, 0.05) is 5.56 Å². The lowest BCUT2D eigenvalue weighted by atomic mass is 10.2. The summed E-state index contributed by atoms with van der Waals surface area (Å²) in [5, 5.41) is 2.00. The minimum Gasteiger partial charge on any atom is -0.320 e. The summed E-state index contributed by atoms with van der Waals surface area (Å²) in [4.78, 5) is 0. The summed E-state index contributed by atoms with van der Waals surface area (Å²) in [6.07, 6.45) is 0. The van der Waals surface area contributed by atoms with E-state index in [0.717, 1.165) is 11.3 Å². The van der Waals surface area contributed by atoms with Gasteiger partial charge in [0.15, 0.2) is 0 Å². The van der Waals surface area contributed by atoms with Crippen LogP contribution in [0, 0.1) is 11.8 Å². The van der Waals surface area contributed by atoms with Crippen molar-refractivity contribution in [3.05, 3.63) is 46.3 Å². The molecular weight excluding hydrogens is 316 g/mol. The van der Waals surface area contributed by atoms with Crippen LogP contribution in [0.5, 0.6) is 0 Å². The van der Waals surface area contributed by atoms with Gasteiger partial charge in [-0.15, -0.1) is 11.3 Å². The molecule has 0 aliphatic heterocycles. The maximum Gasteiger partial charge on any atom is 0.271 e. The summed E-state index contributed by atoms with van der Waals surface area (Å²) >= 11 is 7.14. The molecule has 0 fully saturated rings. The van der Waals surface area contributed by atoms with Crippen LogP contribution in [0.3, 0.4) is 0 Å². The number of hydrogen-bond donors (Lipinski definition) is 2. The highest BCUT2D eigenvalue weighted by molar-refractivity contribution is 7.94. The molecule has 1 aromatic carbocycles. The van der Waals surface area contributed by atoms with Crippen LogP contribution in [0.25, 0.3) is 0 Å². The van der Waals surface area contributed by atoms with Crippen molar-refractivity contribution in [3.8, 4) is 11.8 Å². The second-order valence-corrected chi connectivity index (χ2v) is 7.00. The zero-order chi connectivity index (χ0) is 14.6. The summed E-state index contributed by atoms with van der Waals surface area (Å²) in [7, 11) is -3.62. The Morgan fingerprint density at radius 3 is 2.80 bits per heavy atom. The number of sulfonamides is 1. The Morgan fingerprint density at radius 1 is 1.35 bits per heavy atom. The molecule has 2 rings (SSSR count). The Bertz CT molecular complexity index is 759. The molecule has 1 aromatic heterocycles. The van der Waals surface area contributed by atoms with Crippen molar-refractivity contribution in [2.24, 2.45) is 5.73 Å². The highest BCUT2D eigenvalue weighted by Gasteiger charge is 2.16. The lowest BCUT2D eigenvalue weighted by Crippen LogP contribution is -2.11. The number of rotatable bonds is 3. The van der Waals surface area contributed by atoms with E-state index < -0.39 is 10.0 Å². The SMILES string of the molecule is NCC#Cc1ccc(Cl)c(NS(=O)(=O)c2cccs2)c1. The van der Waals surface area contributed by atoms with Crippen molar-refractivity contribution in [1.29, 1.82) is 0 Å². The highest BCUT2D eigenvalue weighted by atomic mass is 35.5. The Kier molecular flexibility index (Phi) is 4.68. The van der Waals surface area contributed by atoms with Crippen LogP contribution < -0.4 is 10.5 Å². The van der Waals surface area contributed by atoms with E-state index in [0.29, 0.717) is 16.3 Å². The molecular formula is C13H11ClN2O2S2. The molecule has 20 heavy (non-hydrogen) atoms. The molecule has 0 aliphatic rings. The molecule has 0 amide bonds. The van der Waals surface area contributed by atoms with Crippen LogP contribution in [0.1, 0.15) is 5.56 Å². The normalized spacial score (nSPS) is 10.7. The average Bonchev–Trinajstić information content (AvgIpc) is 2.94. The smallest absolute Gasteiger partial charge is 0.271 e. The number of hydrogen-bond acceptors (Lipinski definition) is 4. The molecule has 0 radical (unpaired) electrons. The highest BCUT2D eigenvalue weighted by Crippen LogP contribution is 2.27.